The molecule has 1 heterocycles. The van der Waals surface area contributed by atoms with E-state index < -0.39 is 6.29 Å². The van der Waals surface area contributed by atoms with Gasteiger partial charge in [-0.25, -0.2) is 4.79 Å². The Hall–Kier alpha value is -1.03. The summed E-state index contributed by atoms with van der Waals surface area (Å²) in [6, 6.07) is 0. The molecule has 1 aliphatic rings. The number of carbonyl (C=O) groups is 1. The highest BCUT2D eigenvalue weighted by molar-refractivity contribution is 5.85. The van der Waals surface area contributed by atoms with E-state index in [1.54, 1.807) is 0 Å². The van der Waals surface area contributed by atoms with Crippen LogP contribution in [0.3, 0.4) is 0 Å². The maximum Gasteiger partial charge on any atom is 0.335 e. The van der Waals surface area contributed by atoms with Crippen molar-refractivity contribution in [2.75, 3.05) is 20.2 Å². The van der Waals surface area contributed by atoms with Crippen molar-refractivity contribution in [3.8, 4) is 0 Å². The third kappa shape index (κ3) is 2.01. The minimum Gasteiger partial charge on any atom is -0.426 e. The first-order valence-corrected chi connectivity index (χ1v) is 4.42. The highest BCUT2D eigenvalue weighted by Gasteiger charge is 2.28. The molecule has 0 aromatic carbocycles. The van der Waals surface area contributed by atoms with Crippen LogP contribution in [0.2, 0.25) is 0 Å². The first kappa shape index (κ1) is 10.1. The van der Waals surface area contributed by atoms with Crippen LogP contribution >= 0.6 is 0 Å². The summed E-state index contributed by atoms with van der Waals surface area (Å²) >= 11 is 0. The van der Waals surface area contributed by atoms with Crippen molar-refractivity contribution in [2.45, 2.75) is 20.1 Å². The third-order valence-corrected chi connectivity index (χ3v) is 2.07. The average Bonchev–Trinajstić information content (AvgIpc) is 2.49. The second kappa shape index (κ2) is 4.28. The first-order chi connectivity index (χ1) is 6.22. The molecule has 0 amide bonds. The van der Waals surface area contributed by atoms with Gasteiger partial charge in [-0.1, -0.05) is 0 Å². The minimum atomic E-state index is -0.521. The molecule has 0 fully saturated rings. The van der Waals surface area contributed by atoms with Crippen molar-refractivity contribution in [2.24, 2.45) is 0 Å². The molecule has 0 aliphatic carbocycles. The van der Waals surface area contributed by atoms with E-state index >= 15 is 0 Å². The zero-order valence-corrected chi connectivity index (χ0v) is 8.24. The standard InChI is InChI=1S/C9H15NO3/c1-4-10(5-2)7-6-8(11)13-9(7)12-3/h6,9H,4-5H2,1-3H3. The van der Waals surface area contributed by atoms with E-state index in [0.717, 1.165) is 18.8 Å². The topological polar surface area (TPSA) is 38.8 Å². The number of hydrogen-bond acceptors (Lipinski definition) is 4. The summed E-state index contributed by atoms with van der Waals surface area (Å²) in [5.41, 5.74) is 0.817. The maximum absolute atomic E-state index is 11.0. The molecule has 13 heavy (non-hydrogen) atoms. The number of likely N-dealkylation sites (N-methyl/N-ethyl adjacent to an activating group) is 1. The molecule has 0 radical (unpaired) electrons. The number of ether oxygens (including phenoxy) is 2. The second-order valence-corrected chi connectivity index (χ2v) is 2.75. The van der Waals surface area contributed by atoms with Gasteiger partial charge in [0, 0.05) is 26.3 Å². The second-order valence-electron chi connectivity index (χ2n) is 2.75. The van der Waals surface area contributed by atoms with E-state index in [0.29, 0.717) is 0 Å². The molecule has 4 heteroatoms. The van der Waals surface area contributed by atoms with Crippen molar-refractivity contribution in [3.63, 3.8) is 0 Å². The molecule has 0 saturated heterocycles. The number of methoxy groups -OCH3 is 1. The predicted molar refractivity (Wildman–Crippen MR) is 47.9 cm³/mol. The van der Waals surface area contributed by atoms with Crippen molar-refractivity contribution in [1.29, 1.82) is 0 Å². The number of rotatable bonds is 4. The van der Waals surface area contributed by atoms with Crippen LogP contribution in [0.5, 0.6) is 0 Å². The molecular weight excluding hydrogens is 170 g/mol. The van der Waals surface area contributed by atoms with Gasteiger partial charge in [-0.3, -0.25) is 0 Å². The van der Waals surface area contributed by atoms with Crippen molar-refractivity contribution < 1.29 is 14.3 Å². The summed E-state index contributed by atoms with van der Waals surface area (Å²) in [5, 5.41) is 0. The number of nitrogens with zero attached hydrogens (tertiary/aromatic N) is 1. The first-order valence-electron chi connectivity index (χ1n) is 4.42. The van der Waals surface area contributed by atoms with E-state index in [2.05, 4.69) is 0 Å². The number of hydrogen-bond donors (Lipinski definition) is 0. The largest absolute Gasteiger partial charge is 0.426 e. The highest BCUT2D eigenvalue weighted by atomic mass is 16.7. The Bertz CT molecular complexity index is 221. The summed E-state index contributed by atoms with van der Waals surface area (Å²) in [6.07, 6.45) is 0.966. The lowest BCUT2D eigenvalue weighted by Gasteiger charge is -2.24. The highest BCUT2D eigenvalue weighted by Crippen LogP contribution is 2.19. The SMILES string of the molecule is CCN(CC)C1=CC(=O)OC1OC. The van der Waals surface area contributed by atoms with Gasteiger partial charge >= 0.3 is 5.97 Å². The van der Waals surface area contributed by atoms with Crippen LogP contribution in [0, 0.1) is 0 Å². The van der Waals surface area contributed by atoms with Crippen LogP contribution in [-0.4, -0.2) is 37.4 Å². The molecule has 0 N–H and O–H groups in total. The Labute approximate surface area is 78.1 Å². The Balaban J connectivity index is 2.75. The molecule has 1 aliphatic heterocycles. The fourth-order valence-electron chi connectivity index (χ4n) is 1.39. The van der Waals surface area contributed by atoms with E-state index in [1.807, 2.05) is 18.7 Å². The van der Waals surface area contributed by atoms with E-state index in [-0.39, 0.29) is 5.97 Å². The lowest BCUT2D eigenvalue weighted by Crippen LogP contribution is -2.29. The molecule has 1 rings (SSSR count). The van der Waals surface area contributed by atoms with E-state index in [1.165, 1.54) is 13.2 Å². The average molecular weight is 185 g/mol. The van der Waals surface area contributed by atoms with Gasteiger partial charge in [0.25, 0.3) is 0 Å². The van der Waals surface area contributed by atoms with Gasteiger partial charge in [0.2, 0.25) is 6.29 Å². The number of carbonyl (C=O) groups excluding carboxylic acids is 1. The van der Waals surface area contributed by atoms with Gasteiger partial charge in [-0.05, 0) is 13.8 Å². The summed E-state index contributed by atoms with van der Waals surface area (Å²) in [7, 11) is 1.53. The van der Waals surface area contributed by atoms with Crippen LogP contribution in [0.25, 0.3) is 0 Å². The Kier molecular flexibility index (Phi) is 3.31. The third-order valence-electron chi connectivity index (χ3n) is 2.07. The van der Waals surface area contributed by atoms with Crippen LogP contribution < -0.4 is 0 Å². The van der Waals surface area contributed by atoms with E-state index in [9.17, 15) is 4.79 Å². The lowest BCUT2D eigenvalue weighted by molar-refractivity contribution is -0.157. The van der Waals surface area contributed by atoms with E-state index in [4.69, 9.17) is 9.47 Å². The van der Waals surface area contributed by atoms with Gasteiger partial charge < -0.3 is 14.4 Å². The smallest absolute Gasteiger partial charge is 0.335 e. The summed E-state index contributed by atoms with van der Waals surface area (Å²) in [5.74, 6) is -0.325. The van der Waals surface area contributed by atoms with Crippen LogP contribution in [0.1, 0.15) is 13.8 Å². The minimum absolute atomic E-state index is 0.325. The fraction of sp³-hybridized carbons (Fsp3) is 0.667. The van der Waals surface area contributed by atoms with Crippen LogP contribution in [0.4, 0.5) is 0 Å². The molecule has 0 spiro atoms. The summed E-state index contributed by atoms with van der Waals surface area (Å²) < 4.78 is 9.94. The molecule has 74 valence electrons. The lowest BCUT2D eigenvalue weighted by atomic mass is 10.3. The normalized spacial score (nSPS) is 21.3. The van der Waals surface area contributed by atoms with Gasteiger partial charge in [0.15, 0.2) is 0 Å². The predicted octanol–water partition coefficient (Wildman–Crippen LogP) is 0.741. The zero-order valence-electron chi connectivity index (χ0n) is 8.24. The Morgan fingerprint density at radius 1 is 1.54 bits per heavy atom. The Morgan fingerprint density at radius 2 is 2.15 bits per heavy atom. The summed E-state index contributed by atoms with van der Waals surface area (Å²) in [4.78, 5) is 13.0. The number of cyclic esters (lactones) is 1. The van der Waals surface area contributed by atoms with Crippen molar-refractivity contribution in [1.82, 2.24) is 4.90 Å². The Morgan fingerprint density at radius 3 is 2.62 bits per heavy atom. The summed E-state index contributed by atoms with van der Waals surface area (Å²) in [6.45, 7) is 5.75. The molecule has 0 aromatic rings. The van der Waals surface area contributed by atoms with Crippen molar-refractivity contribution >= 4 is 5.97 Å². The van der Waals surface area contributed by atoms with Crippen molar-refractivity contribution in [3.05, 3.63) is 11.8 Å². The molecule has 1 atom stereocenters. The fourth-order valence-corrected chi connectivity index (χ4v) is 1.39. The quantitative estimate of drug-likeness (QED) is 0.605. The van der Waals surface area contributed by atoms with Crippen LogP contribution in [-0.2, 0) is 14.3 Å². The molecule has 4 nitrogen and oxygen atoms in total. The monoisotopic (exact) mass is 185 g/mol. The van der Waals surface area contributed by atoms with Gasteiger partial charge in [0.05, 0.1) is 5.70 Å². The van der Waals surface area contributed by atoms with Gasteiger partial charge in [0.1, 0.15) is 0 Å². The van der Waals surface area contributed by atoms with Gasteiger partial charge in [-0.2, -0.15) is 0 Å². The molecular formula is C9H15NO3. The molecule has 0 saturated carbocycles. The molecule has 1 unspecified atom stereocenters. The zero-order chi connectivity index (χ0) is 9.84. The van der Waals surface area contributed by atoms with Gasteiger partial charge in [-0.15, -0.1) is 0 Å². The molecule has 0 bridgehead atoms. The van der Waals surface area contributed by atoms with Crippen LogP contribution in [0.15, 0.2) is 11.8 Å². The maximum atomic E-state index is 11.0. The molecule has 0 aromatic heterocycles. The number of esters is 1.